The zero-order valence-corrected chi connectivity index (χ0v) is 18.2. The van der Waals surface area contributed by atoms with E-state index in [1.165, 1.54) is 24.4 Å². The monoisotopic (exact) mass is 434 g/mol. The lowest BCUT2D eigenvalue weighted by Crippen LogP contribution is -2.27. The summed E-state index contributed by atoms with van der Waals surface area (Å²) in [4.78, 5) is 29.1. The normalized spacial score (nSPS) is 11.8. The van der Waals surface area contributed by atoms with Crippen molar-refractivity contribution in [2.75, 3.05) is 6.54 Å². The SMILES string of the molecule is Cc1ccc(C(=O)Oc2ccc(C(O)CNC(C)C)cc2OC(=O)c2ccccn2)cc1. The second-order valence-corrected chi connectivity index (χ2v) is 7.64. The number of aromatic nitrogens is 1. The van der Waals surface area contributed by atoms with Crippen LogP contribution < -0.4 is 14.8 Å². The van der Waals surface area contributed by atoms with Crippen LogP contribution >= 0.6 is 0 Å². The van der Waals surface area contributed by atoms with Gasteiger partial charge in [0.05, 0.1) is 11.7 Å². The number of aliphatic hydroxyl groups excluding tert-OH is 1. The third kappa shape index (κ3) is 6.23. The average molecular weight is 434 g/mol. The average Bonchev–Trinajstić information content (AvgIpc) is 2.79. The Balaban J connectivity index is 1.87. The van der Waals surface area contributed by atoms with Gasteiger partial charge in [0.25, 0.3) is 0 Å². The van der Waals surface area contributed by atoms with Crippen molar-refractivity contribution in [3.8, 4) is 11.5 Å². The van der Waals surface area contributed by atoms with Gasteiger partial charge in [0, 0.05) is 18.8 Å². The Hall–Kier alpha value is -3.55. The number of pyridine rings is 1. The molecule has 0 aliphatic heterocycles. The molecule has 0 fully saturated rings. The highest BCUT2D eigenvalue weighted by Gasteiger charge is 2.19. The van der Waals surface area contributed by atoms with E-state index < -0.39 is 18.0 Å². The fourth-order valence-electron chi connectivity index (χ4n) is 2.85. The maximum absolute atomic E-state index is 12.6. The van der Waals surface area contributed by atoms with E-state index in [1.807, 2.05) is 20.8 Å². The lowest BCUT2D eigenvalue weighted by atomic mass is 10.1. The zero-order valence-electron chi connectivity index (χ0n) is 18.2. The highest BCUT2D eigenvalue weighted by molar-refractivity contribution is 5.92. The van der Waals surface area contributed by atoms with Gasteiger partial charge in [0.1, 0.15) is 5.69 Å². The number of benzene rings is 2. The second-order valence-electron chi connectivity index (χ2n) is 7.64. The van der Waals surface area contributed by atoms with Crippen LogP contribution in [0.2, 0.25) is 0 Å². The van der Waals surface area contributed by atoms with E-state index in [0.29, 0.717) is 17.7 Å². The lowest BCUT2D eigenvalue weighted by molar-refractivity contribution is 0.0678. The first-order chi connectivity index (χ1) is 15.3. The minimum atomic E-state index is -0.841. The molecular formula is C25H26N2O5. The van der Waals surface area contributed by atoms with Crippen molar-refractivity contribution in [1.82, 2.24) is 10.3 Å². The third-order valence-electron chi connectivity index (χ3n) is 4.64. The number of nitrogens with zero attached hydrogens (tertiary/aromatic N) is 1. The molecule has 1 aromatic heterocycles. The zero-order chi connectivity index (χ0) is 23.1. The van der Waals surface area contributed by atoms with Crippen molar-refractivity contribution in [2.45, 2.75) is 32.9 Å². The summed E-state index contributed by atoms with van der Waals surface area (Å²) < 4.78 is 11.0. The molecule has 1 unspecified atom stereocenters. The minimum Gasteiger partial charge on any atom is -0.419 e. The Labute approximate surface area is 187 Å². The van der Waals surface area contributed by atoms with Crippen molar-refractivity contribution in [2.24, 2.45) is 0 Å². The summed E-state index contributed by atoms with van der Waals surface area (Å²) in [6, 6.07) is 16.6. The van der Waals surface area contributed by atoms with Gasteiger partial charge in [-0.25, -0.2) is 14.6 Å². The van der Waals surface area contributed by atoms with Crippen molar-refractivity contribution >= 4 is 11.9 Å². The second kappa shape index (κ2) is 10.7. The first kappa shape index (κ1) is 23.1. The van der Waals surface area contributed by atoms with E-state index in [4.69, 9.17) is 9.47 Å². The number of hydrogen-bond donors (Lipinski definition) is 2. The van der Waals surface area contributed by atoms with Crippen LogP contribution in [0.15, 0.2) is 66.9 Å². The largest absolute Gasteiger partial charge is 0.419 e. The molecule has 0 spiro atoms. The molecule has 32 heavy (non-hydrogen) atoms. The lowest BCUT2D eigenvalue weighted by Gasteiger charge is -2.17. The molecule has 0 saturated carbocycles. The van der Waals surface area contributed by atoms with Crippen LogP contribution in [0.4, 0.5) is 0 Å². The molecular weight excluding hydrogens is 408 g/mol. The molecule has 0 saturated heterocycles. The van der Waals surface area contributed by atoms with Crippen molar-refractivity contribution < 1.29 is 24.2 Å². The smallest absolute Gasteiger partial charge is 0.362 e. The summed E-state index contributed by atoms with van der Waals surface area (Å²) >= 11 is 0. The molecule has 3 rings (SSSR count). The molecule has 1 atom stereocenters. The molecule has 1 heterocycles. The van der Waals surface area contributed by atoms with Gasteiger partial charge in [0.15, 0.2) is 11.5 Å². The molecule has 0 amide bonds. The van der Waals surface area contributed by atoms with E-state index >= 15 is 0 Å². The van der Waals surface area contributed by atoms with E-state index in [2.05, 4.69) is 10.3 Å². The molecule has 2 N–H and O–H groups in total. The Morgan fingerprint density at radius 1 is 0.969 bits per heavy atom. The number of ether oxygens (including phenoxy) is 2. The fraction of sp³-hybridized carbons (Fsp3) is 0.240. The topological polar surface area (TPSA) is 97.8 Å². The summed E-state index contributed by atoms with van der Waals surface area (Å²) in [6.45, 7) is 6.18. The standard InChI is InChI=1S/C25H26N2O5/c1-16(2)27-15-21(28)19-11-12-22(31-24(29)18-9-7-17(3)8-10-18)23(14-19)32-25(30)20-6-4-5-13-26-20/h4-14,16,21,27-28H,15H2,1-3H3. The number of aliphatic hydroxyl groups is 1. The van der Waals surface area contributed by atoms with Gasteiger partial charge in [-0.3, -0.25) is 0 Å². The molecule has 7 nitrogen and oxygen atoms in total. The van der Waals surface area contributed by atoms with Gasteiger partial charge in [0.2, 0.25) is 0 Å². The van der Waals surface area contributed by atoms with Crippen LogP contribution in [0.25, 0.3) is 0 Å². The van der Waals surface area contributed by atoms with Crippen LogP contribution in [0, 0.1) is 6.92 Å². The van der Waals surface area contributed by atoms with Gasteiger partial charge >= 0.3 is 11.9 Å². The summed E-state index contributed by atoms with van der Waals surface area (Å²) in [5.74, 6) is -1.21. The van der Waals surface area contributed by atoms with E-state index in [9.17, 15) is 14.7 Å². The first-order valence-corrected chi connectivity index (χ1v) is 10.3. The number of nitrogens with one attached hydrogen (secondary N) is 1. The predicted molar refractivity (Wildman–Crippen MR) is 120 cm³/mol. The van der Waals surface area contributed by atoms with Crippen LogP contribution in [-0.2, 0) is 0 Å². The Morgan fingerprint density at radius 2 is 1.69 bits per heavy atom. The van der Waals surface area contributed by atoms with E-state index in [0.717, 1.165) is 5.56 Å². The van der Waals surface area contributed by atoms with E-state index in [1.54, 1.807) is 42.5 Å². The molecule has 2 aromatic carbocycles. The maximum Gasteiger partial charge on any atom is 0.362 e. The summed E-state index contributed by atoms with van der Waals surface area (Å²) in [7, 11) is 0. The number of carbonyl (C=O) groups is 2. The predicted octanol–water partition coefficient (Wildman–Crippen LogP) is 3.86. The first-order valence-electron chi connectivity index (χ1n) is 10.3. The molecule has 7 heteroatoms. The van der Waals surface area contributed by atoms with Crippen LogP contribution in [0.5, 0.6) is 11.5 Å². The van der Waals surface area contributed by atoms with Gasteiger partial charge in [-0.15, -0.1) is 0 Å². The molecule has 0 aliphatic rings. The maximum atomic E-state index is 12.6. The summed E-state index contributed by atoms with van der Waals surface area (Å²) in [6.07, 6.45) is 0.638. The summed E-state index contributed by atoms with van der Waals surface area (Å²) in [5.41, 5.74) is 2.00. The number of hydrogen-bond acceptors (Lipinski definition) is 7. The number of carbonyl (C=O) groups excluding carboxylic acids is 2. The van der Waals surface area contributed by atoms with Crippen molar-refractivity contribution in [3.05, 3.63) is 89.2 Å². The highest BCUT2D eigenvalue weighted by Crippen LogP contribution is 2.32. The quantitative estimate of drug-likeness (QED) is 0.410. The van der Waals surface area contributed by atoms with Gasteiger partial charge < -0.3 is 19.9 Å². The highest BCUT2D eigenvalue weighted by atomic mass is 16.6. The summed E-state index contributed by atoms with van der Waals surface area (Å²) in [5, 5.41) is 13.6. The van der Waals surface area contributed by atoms with Gasteiger partial charge in [-0.2, -0.15) is 0 Å². The van der Waals surface area contributed by atoms with Gasteiger partial charge in [-0.1, -0.05) is 43.7 Å². The van der Waals surface area contributed by atoms with Gasteiger partial charge in [-0.05, 0) is 48.9 Å². The number of aryl methyl sites for hydroxylation is 1. The Bertz CT molecular complexity index is 1070. The van der Waals surface area contributed by atoms with Crippen molar-refractivity contribution in [1.29, 1.82) is 0 Å². The Morgan fingerprint density at radius 3 is 2.34 bits per heavy atom. The van der Waals surface area contributed by atoms with Crippen LogP contribution in [0.1, 0.15) is 51.9 Å². The molecule has 0 aliphatic carbocycles. The van der Waals surface area contributed by atoms with Crippen LogP contribution in [0.3, 0.4) is 0 Å². The van der Waals surface area contributed by atoms with Crippen LogP contribution in [-0.4, -0.2) is 34.6 Å². The number of rotatable bonds is 8. The van der Waals surface area contributed by atoms with Crippen molar-refractivity contribution in [3.63, 3.8) is 0 Å². The molecule has 3 aromatic rings. The molecule has 0 bridgehead atoms. The third-order valence-corrected chi connectivity index (χ3v) is 4.64. The molecule has 0 radical (unpaired) electrons. The van der Waals surface area contributed by atoms with E-state index in [-0.39, 0.29) is 23.2 Å². The fourth-order valence-corrected chi connectivity index (χ4v) is 2.85. The Kier molecular flexibility index (Phi) is 7.70. The number of esters is 2. The molecule has 166 valence electrons. The minimum absolute atomic E-state index is 0.0159.